The van der Waals surface area contributed by atoms with E-state index in [0.29, 0.717) is 12.3 Å². The summed E-state index contributed by atoms with van der Waals surface area (Å²) in [4.78, 5) is 0. The van der Waals surface area contributed by atoms with Crippen molar-refractivity contribution in [1.29, 1.82) is 0 Å². The van der Waals surface area contributed by atoms with Crippen LogP contribution in [-0.4, -0.2) is 6.18 Å². The van der Waals surface area contributed by atoms with Crippen LogP contribution in [0.4, 0.5) is 13.2 Å². The number of unbranched alkanes of at least 4 members (excludes halogenated alkanes) is 1. The molecule has 0 heterocycles. The minimum atomic E-state index is -3.97. The van der Waals surface area contributed by atoms with Gasteiger partial charge in [-0.1, -0.05) is 52.4 Å². The lowest BCUT2D eigenvalue weighted by Crippen LogP contribution is -2.08. The van der Waals surface area contributed by atoms with E-state index >= 15 is 0 Å². The van der Waals surface area contributed by atoms with Crippen LogP contribution in [0.3, 0.4) is 0 Å². The van der Waals surface area contributed by atoms with E-state index in [1.165, 1.54) is 0 Å². The Bertz CT molecular complexity index is 140. The van der Waals surface area contributed by atoms with Gasteiger partial charge in [-0.3, -0.25) is 0 Å². The first kappa shape index (κ1) is 14.8. The molecule has 0 amide bonds. The van der Waals surface area contributed by atoms with Crippen LogP contribution < -0.4 is 0 Å². The topological polar surface area (TPSA) is 0 Å². The summed E-state index contributed by atoms with van der Waals surface area (Å²) in [5, 5.41) is 0. The van der Waals surface area contributed by atoms with Gasteiger partial charge in [0.2, 0.25) is 0 Å². The third-order valence-electron chi connectivity index (χ3n) is 2.74. The lowest BCUT2D eigenvalue weighted by molar-refractivity contribution is -0.136. The van der Waals surface area contributed by atoms with E-state index in [-0.39, 0.29) is 0 Å². The van der Waals surface area contributed by atoms with Crippen molar-refractivity contribution < 1.29 is 13.2 Å². The first-order chi connectivity index (χ1) is 6.99. The van der Waals surface area contributed by atoms with Crippen molar-refractivity contribution >= 4 is 0 Å². The predicted molar refractivity (Wildman–Crippen MR) is 57.8 cm³/mol. The van der Waals surface area contributed by atoms with Gasteiger partial charge in [-0.2, -0.15) is 13.2 Å². The lowest BCUT2D eigenvalue weighted by Gasteiger charge is -2.16. The van der Waals surface area contributed by atoms with Crippen LogP contribution in [0.15, 0.2) is 0 Å². The van der Waals surface area contributed by atoms with Gasteiger partial charge >= 0.3 is 6.18 Å². The Hall–Kier alpha value is -0.210. The first-order valence-electron chi connectivity index (χ1n) is 6.06. The molecule has 0 rings (SSSR count). The standard InChI is InChI=1S/C12H23F3/c1-3-5-8-11(7-4-2)9-6-10-12(13,14)15/h11H,3-10H2,1-2H3. The van der Waals surface area contributed by atoms with E-state index in [1.54, 1.807) is 0 Å². The molecule has 0 N–H and O–H groups in total. The monoisotopic (exact) mass is 224 g/mol. The normalized spacial score (nSPS) is 14.2. The maximum atomic E-state index is 11.9. The van der Waals surface area contributed by atoms with Crippen LogP contribution in [0.5, 0.6) is 0 Å². The molecule has 0 radical (unpaired) electrons. The molecule has 0 aliphatic carbocycles. The summed E-state index contributed by atoms with van der Waals surface area (Å²) in [6.45, 7) is 4.22. The fourth-order valence-corrected chi connectivity index (χ4v) is 1.93. The molecule has 0 spiro atoms. The average molecular weight is 224 g/mol. The van der Waals surface area contributed by atoms with E-state index in [2.05, 4.69) is 13.8 Å². The van der Waals surface area contributed by atoms with Crippen molar-refractivity contribution in [2.75, 3.05) is 0 Å². The Labute approximate surface area is 91.3 Å². The van der Waals surface area contributed by atoms with Crippen LogP contribution in [-0.2, 0) is 0 Å². The number of rotatable bonds is 8. The molecule has 0 aromatic heterocycles. The quantitative estimate of drug-likeness (QED) is 0.523. The summed E-state index contributed by atoms with van der Waals surface area (Å²) in [5.74, 6) is 0.511. The summed E-state index contributed by atoms with van der Waals surface area (Å²) in [5.41, 5.74) is 0. The average Bonchev–Trinajstić information content (AvgIpc) is 2.12. The van der Waals surface area contributed by atoms with Crippen LogP contribution in [0.25, 0.3) is 0 Å². The molecule has 0 saturated heterocycles. The maximum Gasteiger partial charge on any atom is 0.389 e. The highest BCUT2D eigenvalue weighted by molar-refractivity contribution is 4.61. The Morgan fingerprint density at radius 2 is 1.47 bits per heavy atom. The van der Waals surface area contributed by atoms with Gasteiger partial charge in [0.25, 0.3) is 0 Å². The zero-order chi connectivity index (χ0) is 11.7. The SMILES string of the molecule is CCCCC(CCC)CCCC(F)(F)F. The summed E-state index contributed by atoms with van der Waals surface area (Å²) in [6, 6.07) is 0. The first-order valence-corrected chi connectivity index (χ1v) is 6.06. The van der Waals surface area contributed by atoms with Crippen LogP contribution in [0.1, 0.15) is 65.2 Å². The highest BCUT2D eigenvalue weighted by Crippen LogP contribution is 2.26. The van der Waals surface area contributed by atoms with Crippen LogP contribution in [0.2, 0.25) is 0 Å². The minimum absolute atomic E-state index is 0.303. The fraction of sp³-hybridized carbons (Fsp3) is 1.00. The Kier molecular flexibility index (Phi) is 7.89. The predicted octanol–water partition coefficient (Wildman–Crippen LogP) is 5.33. The number of hydrogen-bond donors (Lipinski definition) is 0. The molecule has 0 aromatic rings. The van der Waals surface area contributed by atoms with E-state index in [1.807, 2.05) is 0 Å². The molecule has 0 bridgehead atoms. The number of halogens is 3. The molecule has 0 aromatic carbocycles. The Morgan fingerprint density at radius 3 is 1.93 bits per heavy atom. The van der Waals surface area contributed by atoms with Gasteiger partial charge in [0, 0.05) is 6.42 Å². The molecule has 1 atom stereocenters. The summed E-state index contributed by atoms with van der Waals surface area (Å²) < 4.78 is 35.8. The zero-order valence-corrected chi connectivity index (χ0v) is 9.87. The molecule has 0 saturated carbocycles. The van der Waals surface area contributed by atoms with Crippen molar-refractivity contribution in [2.45, 2.75) is 71.4 Å². The van der Waals surface area contributed by atoms with E-state index < -0.39 is 12.6 Å². The highest BCUT2D eigenvalue weighted by Gasteiger charge is 2.26. The van der Waals surface area contributed by atoms with Crippen molar-refractivity contribution in [1.82, 2.24) is 0 Å². The largest absolute Gasteiger partial charge is 0.389 e. The molecule has 0 aliphatic heterocycles. The van der Waals surface area contributed by atoms with Gasteiger partial charge in [0.05, 0.1) is 0 Å². The fourth-order valence-electron chi connectivity index (χ4n) is 1.93. The molecule has 0 nitrogen and oxygen atoms in total. The van der Waals surface area contributed by atoms with Crippen molar-refractivity contribution in [3.63, 3.8) is 0 Å². The summed E-state index contributed by atoms with van der Waals surface area (Å²) in [6.07, 6.45) is 2.02. The van der Waals surface area contributed by atoms with E-state index in [9.17, 15) is 13.2 Å². The molecule has 1 unspecified atom stereocenters. The summed E-state index contributed by atoms with van der Waals surface area (Å²) >= 11 is 0. The van der Waals surface area contributed by atoms with Gasteiger partial charge in [-0.25, -0.2) is 0 Å². The molecular weight excluding hydrogens is 201 g/mol. The van der Waals surface area contributed by atoms with Crippen LogP contribution >= 0.6 is 0 Å². The van der Waals surface area contributed by atoms with Gasteiger partial charge < -0.3 is 0 Å². The van der Waals surface area contributed by atoms with E-state index in [4.69, 9.17) is 0 Å². The Morgan fingerprint density at radius 1 is 0.867 bits per heavy atom. The lowest BCUT2D eigenvalue weighted by atomic mass is 9.92. The molecule has 3 heteroatoms. The number of alkyl halides is 3. The van der Waals surface area contributed by atoms with Crippen molar-refractivity contribution in [3.05, 3.63) is 0 Å². The van der Waals surface area contributed by atoms with Gasteiger partial charge in [0.15, 0.2) is 0 Å². The molecule has 0 aliphatic rings. The smallest absolute Gasteiger partial charge is 0.171 e. The maximum absolute atomic E-state index is 11.9. The second kappa shape index (κ2) is 8.00. The number of hydrogen-bond acceptors (Lipinski definition) is 0. The third kappa shape index (κ3) is 10.1. The second-order valence-corrected chi connectivity index (χ2v) is 4.30. The minimum Gasteiger partial charge on any atom is -0.171 e. The third-order valence-corrected chi connectivity index (χ3v) is 2.74. The van der Waals surface area contributed by atoms with Crippen LogP contribution in [0, 0.1) is 5.92 Å². The summed E-state index contributed by atoms with van der Waals surface area (Å²) in [7, 11) is 0. The highest BCUT2D eigenvalue weighted by atomic mass is 19.4. The van der Waals surface area contributed by atoms with Gasteiger partial charge in [0.1, 0.15) is 0 Å². The zero-order valence-electron chi connectivity index (χ0n) is 9.87. The molecule has 15 heavy (non-hydrogen) atoms. The van der Waals surface area contributed by atoms with Crippen molar-refractivity contribution in [2.24, 2.45) is 5.92 Å². The van der Waals surface area contributed by atoms with Gasteiger partial charge in [-0.15, -0.1) is 0 Å². The molecule has 0 fully saturated rings. The molecule has 92 valence electrons. The Balaban J connectivity index is 3.65. The molecular formula is C12H23F3. The van der Waals surface area contributed by atoms with Crippen molar-refractivity contribution in [3.8, 4) is 0 Å². The van der Waals surface area contributed by atoms with E-state index in [0.717, 1.165) is 38.5 Å². The van der Waals surface area contributed by atoms with Gasteiger partial charge in [-0.05, 0) is 12.3 Å². The second-order valence-electron chi connectivity index (χ2n) is 4.30.